The second-order valence-corrected chi connectivity index (χ2v) is 16.1. The van der Waals surface area contributed by atoms with Gasteiger partial charge in [0.15, 0.2) is 0 Å². The standard InChI is InChI=1S/C26H32F3N5O3Si/c1-38(2,3)15-14-37-18-33-25(36)23(26(27,28)29)22(17-30-33)34-13-7-12-32(34)11-6-9-20-16-19-8-4-5-10-21(19)24(35)31-20/h4-5,7-8,10,12,16-17H,6,9,11,13-15,18H2,1-3H3,(H,31,35). The number of pyridine rings is 1. The fraction of sp³-hybridized carbons (Fsp3) is 0.423. The molecule has 0 aliphatic carbocycles. The minimum atomic E-state index is -4.87. The zero-order chi connectivity index (χ0) is 27.5. The van der Waals surface area contributed by atoms with Gasteiger partial charge in [0.05, 0.1) is 18.4 Å². The van der Waals surface area contributed by atoms with Crippen LogP contribution >= 0.6 is 0 Å². The normalized spacial score (nSPS) is 14.2. The maximum atomic E-state index is 14.1. The highest BCUT2D eigenvalue weighted by atomic mass is 28.3. The Balaban J connectivity index is 1.47. The predicted molar refractivity (Wildman–Crippen MR) is 144 cm³/mol. The lowest BCUT2D eigenvalue weighted by molar-refractivity contribution is -0.139. The van der Waals surface area contributed by atoms with Gasteiger partial charge < -0.3 is 9.72 Å². The Hall–Kier alpha value is -3.38. The van der Waals surface area contributed by atoms with Crippen molar-refractivity contribution in [3.05, 3.63) is 80.8 Å². The van der Waals surface area contributed by atoms with E-state index in [0.29, 0.717) is 31.4 Å². The fourth-order valence-electron chi connectivity index (χ4n) is 4.28. The van der Waals surface area contributed by atoms with Gasteiger partial charge in [-0.15, -0.1) is 0 Å². The number of halogens is 3. The van der Waals surface area contributed by atoms with Crippen molar-refractivity contribution in [3.8, 4) is 0 Å². The molecule has 1 aromatic carbocycles. The Kier molecular flexibility index (Phi) is 8.12. The van der Waals surface area contributed by atoms with Crippen LogP contribution in [0.2, 0.25) is 25.7 Å². The molecule has 204 valence electrons. The lowest BCUT2D eigenvalue weighted by Gasteiger charge is -2.32. The summed E-state index contributed by atoms with van der Waals surface area (Å²) in [6, 6.07) is 10.0. The molecule has 0 atom stereocenters. The largest absolute Gasteiger partial charge is 0.423 e. The number of hydrazine groups is 1. The number of aromatic amines is 1. The van der Waals surface area contributed by atoms with Crippen LogP contribution in [0.4, 0.5) is 18.9 Å². The molecule has 0 saturated carbocycles. The number of aryl methyl sites for hydroxylation is 1. The Bertz CT molecular complexity index is 1430. The van der Waals surface area contributed by atoms with Gasteiger partial charge in [-0.3, -0.25) is 19.6 Å². The number of nitrogens with one attached hydrogen (secondary N) is 1. The average Bonchev–Trinajstić information content (AvgIpc) is 3.29. The number of nitrogens with zero attached hydrogens (tertiary/aromatic N) is 4. The molecule has 0 spiro atoms. The first-order chi connectivity index (χ1) is 17.9. The van der Waals surface area contributed by atoms with Crippen molar-refractivity contribution >= 4 is 24.5 Å². The number of fused-ring (bicyclic) bond motifs is 1. The lowest BCUT2D eigenvalue weighted by Crippen LogP contribution is -2.41. The minimum Gasteiger partial charge on any atom is -0.359 e. The highest BCUT2D eigenvalue weighted by Crippen LogP contribution is 2.35. The van der Waals surface area contributed by atoms with Gasteiger partial charge >= 0.3 is 6.18 Å². The minimum absolute atomic E-state index is 0.174. The molecule has 0 unspecified atom stereocenters. The quantitative estimate of drug-likeness (QED) is 0.295. The molecule has 0 saturated heterocycles. The van der Waals surface area contributed by atoms with E-state index in [4.69, 9.17) is 4.74 Å². The molecule has 2 aromatic heterocycles. The monoisotopic (exact) mass is 547 g/mol. The van der Waals surface area contributed by atoms with Crippen LogP contribution in [0.5, 0.6) is 0 Å². The summed E-state index contributed by atoms with van der Waals surface area (Å²) in [4.78, 5) is 28.0. The maximum absolute atomic E-state index is 14.1. The van der Waals surface area contributed by atoms with Crippen molar-refractivity contribution in [2.24, 2.45) is 0 Å². The summed E-state index contributed by atoms with van der Waals surface area (Å²) < 4.78 is 48.4. The van der Waals surface area contributed by atoms with E-state index in [-0.39, 0.29) is 24.5 Å². The van der Waals surface area contributed by atoms with Crippen molar-refractivity contribution in [2.75, 3.05) is 24.7 Å². The molecule has 0 bridgehead atoms. The third-order valence-electron chi connectivity index (χ3n) is 6.30. The van der Waals surface area contributed by atoms with E-state index < -0.39 is 25.4 Å². The highest BCUT2D eigenvalue weighted by molar-refractivity contribution is 6.76. The molecule has 3 aromatic rings. The summed E-state index contributed by atoms with van der Waals surface area (Å²) in [6.45, 7) is 7.06. The van der Waals surface area contributed by atoms with Crippen LogP contribution in [0.25, 0.3) is 10.8 Å². The van der Waals surface area contributed by atoms with Crippen LogP contribution in [-0.2, 0) is 24.1 Å². The molecule has 8 nitrogen and oxygen atoms in total. The predicted octanol–water partition coefficient (Wildman–Crippen LogP) is 4.60. The number of H-pyrrole nitrogens is 1. The van der Waals surface area contributed by atoms with Gasteiger partial charge in [0, 0.05) is 38.5 Å². The molecular weight excluding hydrogens is 515 g/mol. The summed E-state index contributed by atoms with van der Waals surface area (Å²) >= 11 is 0. The van der Waals surface area contributed by atoms with E-state index in [1.54, 1.807) is 29.4 Å². The number of benzene rings is 1. The Morgan fingerprint density at radius 3 is 2.66 bits per heavy atom. The summed E-state index contributed by atoms with van der Waals surface area (Å²) in [5.74, 6) is 0. The van der Waals surface area contributed by atoms with E-state index in [1.807, 2.05) is 18.2 Å². The number of hydrogen-bond acceptors (Lipinski definition) is 6. The lowest BCUT2D eigenvalue weighted by atomic mass is 10.1. The van der Waals surface area contributed by atoms with Crippen molar-refractivity contribution in [2.45, 2.75) is 51.4 Å². The van der Waals surface area contributed by atoms with Crippen molar-refractivity contribution in [1.82, 2.24) is 19.8 Å². The Labute approximate surface area is 219 Å². The third-order valence-corrected chi connectivity index (χ3v) is 8.01. The van der Waals surface area contributed by atoms with E-state index in [9.17, 15) is 22.8 Å². The summed E-state index contributed by atoms with van der Waals surface area (Å²) in [6.07, 6.45) is 0.712. The van der Waals surface area contributed by atoms with Gasteiger partial charge in [-0.1, -0.05) is 37.8 Å². The van der Waals surface area contributed by atoms with Crippen LogP contribution in [0.3, 0.4) is 0 Å². The van der Waals surface area contributed by atoms with E-state index in [1.165, 1.54) is 5.01 Å². The van der Waals surface area contributed by atoms with Crippen molar-refractivity contribution in [1.29, 1.82) is 0 Å². The van der Waals surface area contributed by atoms with E-state index in [2.05, 4.69) is 29.7 Å². The summed E-state index contributed by atoms with van der Waals surface area (Å²) in [7, 11) is -1.38. The molecule has 1 aliphatic heterocycles. The zero-order valence-electron chi connectivity index (χ0n) is 21.7. The van der Waals surface area contributed by atoms with E-state index in [0.717, 1.165) is 28.0 Å². The van der Waals surface area contributed by atoms with Crippen LogP contribution in [0.15, 0.2) is 58.4 Å². The molecule has 0 amide bonds. The van der Waals surface area contributed by atoms with Crippen LogP contribution < -0.4 is 16.1 Å². The first-order valence-electron chi connectivity index (χ1n) is 12.5. The third kappa shape index (κ3) is 6.54. The smallest absolute Gasteiger partial charge is 0.359 e. The van der Waals surface area contributed by atoms with Gasteiger partial charge in [0.25, 0.3) is 11.1 Å². The maximum Gasteiger partial charge on any atom is 0.423 e. The molecule has 3 heterocycles. The number of hydrogen-bond donors (Lipinski definition) is 1. The van der Waals surface area contributed by atoms with E-state index >= 15 is 0 Å². The van der Waals surface area contributed by atoms with Crippen molar-refractivity contribution < 1.29 is 17.9 Å². The van der Waals surface area contributed by atoms with Crippen molar-refractivity contribution in [3.63, 3.8) is 0 Å². The molecule has 12 heteroatoms. The molecule has 1 aliphatic rings. The zero-order valence-corrected chi connectivity index (χ0v) is 22.7. The van der Waals surface area contributed by atoms with Gasteiger partial charge in [-0.25, -0.2) is 4.68 Å². The molecule has 38 heavy (non-hydrogen) atoms. The van der Waals surface area contributed by atoms with Gasteiger partial charge in [-0.2, -0.15) is 18.3 Å². The first-order valence-corrected chi connectivity index (χ1v) is 16.2. The van der Waals surface area contributed by atoms with Gasteiger partial charge in [0.2, 0.25) is 0 Å². The Morgan fingerprint density at radius 1 is 1.16 bits per heavy atom. The number of rotatable bonds is 10. The molecule has 4 rings (SSSR count). The van der Waals surface area contributed by atoms with Gasteiger partial charge in [-0.05, 0) is 42.5 Å². The number of aromatic nitrogens is 3. The summed E-state index contributed by atoms with van der Waals surface area (Å²) in [5, 5.41) is 8.46. The van der Waals surface area contributed by atoms with Crippen LogP contribution in [0.1, 0.15) is 17.7 Å². The average molecular weight is 548 g/mol. The SMILES string of the molecule is C[Si](C)(C)CCOCn1ncc(N2CC=CN2CCCc2cc3ccccc3c(=O)[nH]2)c(C(F)(F)F)c1=O. The number of ether oxygens (including phenoxy) is 1. The molecule has 0 fully saturated rings. The Morgan fingerprint density at radius 2 is 1.92 bits per heavy atom. The highest BCUT2D eigenvalue weighted by Gasteiger charge is 2.40. The summed E-state index contributed by atoms with van der Waals surface area (Å²) in [5.41, 5.74) is -2.23. The fourth-order valence-corrected chi connectivity index (χ4v) is 5.04. The second-order valence-electron chi connectivity index (χ2n) is 10.5. The molecule has 0 radical (unpaired) electrons. The molecule has 1 N–H and O–H groups in total. The van der Waals surface area contributed by atoms with Crippen LogP contribution in [-0.4, -0.2) is 47.5 Å². The van der Waals surface area contributed by atoms with Gasteiger partial charge in [0.1, 0.15) is 12.3 Å². The van der Waals surface area contributed by atoms with Crippen LogP contribution in [0, 0.1) is 0 Å². The first kappa shape index (κ1) is 27.6. The topological polar surface area (TPSA) is 83.5 Å². The number of anilines is 1. The molecular formula is C26H32F3N5O3Si. The second kappa shape index (κ2) is 11.2. The number of alkyl halides is 3.